The molecule has 0 spiro atoms. The van der Waals surface area contributed by atoms with E-state index in [1.54, 1.807) is 0 Å². The lowest BCUT2D eigenvalue weighted by Crippen LogP contribution is -2.33. The van der Waals surface area contributed by atoms with Crippen LogP contribution in [0.2, 0.25) is 0 Å². The summed E-state index contributed by atoms with van der Waals surface area (Å²) in [5, 5.41) is 5.71. The second kappa shape index (κ2) is 8.33. The van der Waals surface area contributed by atoms with Gasteiger partial charge in [-0.2, -0.15) is 0 Å². The normalized spacial score (nSPS) is 10.8. The number of ether oxygens (including phenoxy) is 1. The first kappa shape index (κ1) is 16.2. The van der Waals surface area contributed by atoms with Crippen molar-refractivity contribution in [3.63, 3.8) is 0 Å². The van der Waals surface area contributed by atoms with Crippen LogP contribution in [0.4, 0.5) is 4.79 Å². The van der Waals surface area contributed by atoms with Crippen LogP contribution in [-0.4, -0.2) is 36.0 Å². The van der Waals surface area contributed by atoms with Gasteiger partial charge in [0.1, 0.15) is 5.60 Å². The molecule has 0 heterocycles. The summed E-state index contributed by atoms with van der Waals surface area (Å²) in [4.78, 5) is 22.1. The lowest BCUT2D eigenvalue weighted by atomic mass is 10.2. The Bertz CT molecular complexity index is 252. The average Bonchev–Trinajstić information content (AvgIpc) is 2.20. The molecule has 0 aliphatic rings. The van der Waals surface area contributed by atoms with E-state index in [-0.39, 0.29) is 5.91 Å². The second-order valence-corrected chi connectivity index (χ2v) is 5.18. The molecule has 0 aromatic carbocycles. The summed E-state index contributed by atoms with van der Waals surface area (Å²) in [6.07, 6.45) is 1.23. The molecule has 0 aliphatic heterocycles. The molecular weight excluding hydrogens is 288 g/mol. The van der Waals surface area contributed by atoms with Crippen molar-refractivity contribution in [2.45, 2.75) is 39.2 Å². The summed E-state index contributed by atoms with van der Waals surface area (Å²) >= 11 is 3.06. The molecule has 17 heavy (non-hydrogen) atoms. The molecule has 0 unspecified atom stereocenters. The minimum atomic E-state index is -0.464. The Labute approximate surface area is 111 Å². The number of amides is 2. The zero-order valence-corrected chi connectivity index (χ0v) is 12.2. The number of alkyl carbamates (subject to hydrolysis) is 1. The van der Waals surface area contributed by atoms with Crippen molar-refractivity contribution < 1.29 is 14.3 Å². The molecule has 0 atom stereocenters. The Kier molecular flexibility index (Phi) is 7.95. The number of rotatable bonds is 6. The third kappa shape index (κ3) is 11.5. The van der Waals surface area contributed by atoms with E-state index in [1.807, 2.05) is 20.8 Å². The molecule has 0 saturated heterocycles. The van der Waals surface area contributed by atoms with E-state index >= 15 is 0 Å². The highest BCUT2D eigenvalue weighted by molar-refractivity contribution is 9.09. The Hall–Kier alpha value is -0.780. The number of halogens is 1. The van der Waals surface area contributed by atoms with Crippen molar-refractivity contribution >= 4 is 27.9 Å². The molecule has 0 aromatic rings. The van der Waals surface area contributed by atoms with Gasteiger partial charge in [-0.05, 0) is 33.6 Å². The van der Waals surface area contributed by atoms with Gasteiger partial charge in [0.15, 0.2) is 0 Å². The van der Waals surface area contributed by atoms with E-state index in [0.29, 0.717) is 18.4 Å². The van der Waals surface area contributed by atoms with Gasteiger partial charge < -0.3 is 15.4 Å². The third-order valence-electron chi connectivity index (χ3n) is 1.72. The number of hydrogen-bond donors (Lipinski definition) is 2. The first-order valence-electron chi connectivity index (χ1n) is 5.64. The second-order valence-electron chi connectivity index (χ2n) is 4.62. The third-order valence-corrected chi connectivity index (χ3v) is 2.22. The van der Waals surface area contributed by atoms with Gasteiger partial charge in [0.2, 0.25) is 5.91 Å². The molecule has 0 radical (unpaired) electrons. The predicted octanol–water partition coefficient (Wildman–Crippen LogP) is 1.80. The zero-order chi connectivity index (χ0) is 13.3. The van der Waals surface area contributed by atoms with Crippen LogP contribution in [0.25, 0.3) is 0 Å². The maximum atomic E-state index is 11.2. The molecule has 2 N–H and O–H groups in total. The zero-order valence-electron chi connectivity index (χ0n) is 10.6. The summed E-state index contributed by atoms with van der Waals surface area (Å²) in [5.74, 6) is -0.0231. The van der Waals surface area contributed by atoms with Crippen molar-refractivity contribution in [1.29, 1.82) is 0 Å². The minimum absolute atomic E-state index is 0.0231. The van der Waals surface area contributed by atoms with Crippen LogP contribution < -0.4 is 10.6 Å². The Morgan fingerprint density at radius 1 is 1.12 bits per heavy atom. The number of hydrogen-bond acceptors (Lipinski definition) is 3. The lowest BCUT2D eigenvalue weighted by molar-refractivity contribution is -0.118. The van der Waals surface area contributed by atoms with E-state index in [1.165, 1.54) is 0 Å². The summed E-state index contributed by atoms with van der Waals surface area (Å²) in [6, 6.07) is 0. The van der Waals surface area contributed by atoms with Gasteiger partial charge in [0.05, 0.1) is 5.33 Å². The van der Waals surface area contributed by atoms with Gasteiger partial charge >= 0.3 is 6.09 Å². The van der Waals surface area contributed by atoms with Gasteiger partial charge in [-0.25, -0.2) is 4.79 Å². The van der Waals surface area contributed by atoms with Crippen molar-refractivity contribution in [1.82, 2.24) is 10.6 Å². The van der Waals surface area contributed by atoms with Crippen LogP contribution in [0.5, 0.6) is 0 Å². The predicted molar refractivity (Wildman–Crippen MR) is 70.3 cm³/mol. The fraction of sp³-hybridized carbons (Fsp3) is 0.818. The monoisotopic (exact) mass is 308 g/mol. The van der Waals surface area contributed by atoms with Crippen LogP contribution in [-0.2, 0) is 9.53 Å². The number of nitrogens with one attached hydrogen (secondary N) is 2. The number of carbonyl (C=O) groups excluding carboxylic acids is 2. The SMILES string of the molecule is CC(C)(C)OC(=O)NCCCCNC(=O)CBr. The van der Waals surface area contributed by atoms with Crippen LogP contribution in [0.15, 0.2) is 0 Å². The standard InChI is InChI=1S/C11H21BrN2O3/c1-11(2,3)17-10(16)14-7-5-4-6-13-9(15)8-12/h4-8H2,1-3H3,(H,13,15)(H,14,16). The molecule has 0 aromatic heterocycles. The molecular formula is C11H21BrN2O3. The maximum Gasteiger partial charge on any atom is 0.407 e. The molecule has 100 valence electrons. The number of alkyl halides is 1. The Morgan fingerprint density at radius 2 is 1.65 bits per heavy atom. The van der Waals surface area contributed by atoms with E-state index in [4.69, 9.17) is 4.74 Å². The summed E-state index contributed by atoms with van der Waals surface area (Å²) in [6.45, 7) is 6.65. The summed E-state index contributed by atoms with van der Waals surface area (Å²) < 4.78 is 5.07. The molecule has 0 bridgehead atoms. The number of unbranched alkanes of at least 4 members (excludes halogenated alkanes) is 1. The van der Waals surface area contributed by atoms with Gasteiger partial charge in [-0.1, -0.05) is 15.9 Å². The summed E-state index contributed by atoms with van der Waals surface area (Å²) in [7, 11) is 0. The lowest BCUT2D eigenvalue weighted by Gasteiger charge is -2.19. The quantitative estimate of drug-likeness (QED) is 0.581. The highest BCUT2D eigenvalue weighted by Gasteiger charge is 2.15. The Balaban J connectivity index is 3.40. The van der Waals surface area contributed by atoms with E-state index in [9.17, 15) is 9.59 Å². The van der Waals surface area contributed by atoms with Crippen molar-refractivity contribution in [3.05, 3.63) is 0 Å². The molecule has 0 saturated carbocycles. The first-order chi connectivity index (χ1) is 7.85. The highest BCUT2D eigenvalue weighted by Crippen LogP contribution is 2.06. The topological polar surface area (TPSA) is 67.4 Å². The smallest absolute Gasteiger partial charge is 0.407 e. The van der Waals surface area contributed by atoms with E-state index in [2.05, 4.69) is 26.6 Å². The van der Waals surface area contributed by atoms with Gasteiger partial charge in [-0.15, -0.1) is 0 Å². The average molecular weight is 309 g/mol. The molecule has 0 fully saturated rings. The van der Waals surface area contributed by atoms with Gasteiger partial charge in [0, 0.05) is 13.1 Å². The van der Waals surface area contributed by atoms with Gasteiger partial charge in [-0.3, -0.25) is 4.79 Å². The van der Waals surface area contributed by atoms with Crippen molar-refractivity contribution in [2.24, 2.45) is 0 Å². The minimum Gasteiger partial charge on any atom is -0.444 e. The fourth-order valence-electron chi connectivity index (χ4n) is 1.03. The first-order valence-corrected chi connectivity index (χ1v) is 6.77. The van der Waals surface area contributed by atoms with Crippen LogP contribution >= 0.6 is 15.9 Å². The van der Waals surface area contributed by atoms with Crippen LogP contribution in [0.3, 0.4) is 0 Å². The van der Waals surface area contributed by atoms with Crippen molar-refractivity contribution in [3.8, 4) is 0 Å². The van der Waals surface area contributed by atoms with E-state index < -0.39 is 11.7 Å². The van der Waals surface area contributed by atoms with Crippen LogP contribution in [0.1, 0.15) is 33.6 Å². The summed E-state index contributed by atoms with van der Waals surface area (Å²) in [5.41, 5.74) is -0.464. The number of carbonyl (C=O) groups is 2. The van der Waals surface area contributed by atoms with E-state index in [0.717, 1.165) is 12.8 Å². The fourth-order valence-corrected chi connectivity index (χ4v) is 1.23. The maximum absolute atomic E-state index is 11.2. The van der Waals surface area contributed by atoms with Crippen LogP contribution in [0, 0.1) is 0 Å². The molecule has 2 amide bonds. The molecule has 0 aliphatic carbocycles. The van der Waals surface area contributed by atoms with Gasteiger partial charge in [0.25, 0.3) is 0 Å². The molecule has 5 nitrogen and oxygen atoms in total. The largest absolute Gasteiger partial charge is 0.444 e. The molecule has 0 rings (SSSR count). The highest BCUT2D eigenvalue weighted by atomic mass is 79.9. The molecule has 6 heteroatoms. The Morgan fingerprint density at radius 3 is 2.12 bits per heavy atom. The van der Waals surface area contributed by atoms with Crippen molar-refractivity contribution in [2.75, 3.05) is 18.4 Å².